The van der Waals surface area contributed by atoms with Gasteiger partial charge in [0.05, 0.1) is 16.1 Å². The molecule has 0 aliphatic carbocycles. The number of halogens is 3. The van der Waals surface area contributed by atoms with E-state index in [-0.39, 0.29) is 6.04 Å². The Morgan fingerprint density at radius 3 is 2.56 bits per heavy atom. The number of rotatable bonds is 3. The fourth-order valence-corrected chi connectivity index (χ4v) is 2.46. The minimum atomic E-state index is 0.156. The van der Waals surface area contributed by atoms with Gasteiger partial charge in [0.25, 0.3) is 0 Å². The zero-order valence-electron chi connectivity index (χ0n) is 9.93. The summed E-state index contributed by atoms with van der Waals surface area (Å²) in [6, 6.07) is 7.72. The first-order valence-electron chi connectivity index (χ1n) is 5.45. The number of furan rings is 1. The van der Waals surface area contributed by atoms with Crippen LogP contribution in [0.1, 0.15) is 18.7 Å². The molecule has 5 heteroatoms. The highest BCUT2D eigenvalue weighted by Gasteiger charge is 2.15. The molecule has 0 fully saturated rings. The molecular weight excluding hydrogens is 337 g/mol. The molecule has 1 heterocycles. The summed E-state index contributed by atoms with van der Waals surface area (Å²) in [5.41, 5.74) is 0.791. The highest BCUT2D eigenvalue weighted by Crippen LogP contribution is 2.39. The molecule has 18 heavy (non-hydrogen) atoms. The van der Waals surface area contributed by atoms with Crippen LogP contribution in [0.2, 0.25) is 10.0 Å². The second-order valence-corrected chi connectivity index (χ2v) is 5.55. The molecule has 0 aliphatic heterocycles. The van der Waals surface area contributed by atoms with E-state index in [1.54, 1.807) is 0 Å². The van der Waals surface area contributed by atoms with Crippen LogP contribution in [-0.2, 0) is 0 Å². The molecule has 2 aromatic rings. The molecule has 0 spiro atoms. The average Bonchev–Trinajstić information content (AvgIpc) is 2.84. The number of nitrogens with one attached hydrogen (secondary N) is 1. The van der Waals surface area contributed by atoms with Gasteiger partial charge >= 0.3 is 0 Å². The van der Waals surface area contributed by atoms with E-state index in [1.165, 1.54) is 0 Å². The maximum absolute atomic E-state index is 6.22. The highest BCUT2D eigenvalue weighted by atomic mass is 79.9. The molecule has 0 aliphatic rings. The Bertz CT molecular complexity index is 568. The van der Waals surface area contributed by atoms with Gasteiger partial charge in [-0.25, -0.2) is 0 Å². The van der Waals surface area contributed by atoms with Crippen molar-refractivity contribution in [2.75, 3.05) is 7.05 Å². The van der Waals surface area contributed by atoms with Crippen LogP contribution >= 0.6 is 39.1 Å². The third-order valence-electron chi connectivity index (χ3n) is 2.79. The zero-order valence-corrected chi connectivity index (χ0v) is 13.0. The van der Waals surface area contributed by atoms with Crippen molar-refractivity contribution in [2.45, 2.75) is 13.0 Å². The monoisotopic (exact) mass is 347 g/mol. The Balaban J connectivity index is 2.43. The van der Waals surface area contributed by atoms with Crippen molar-refractivity contribution in [2.24, 2.45) is 0 Å². The van der Waals surface area contributed by atoms with Crippen LogP contribution in [0.15, 0.2) is 33.2 Å². The molecule has 2 nitrogen and oxygen atoms in total. The van der Waals surface area contributed by atoms with E-state index in [2.05, 4.69) is 21.2 Å². The third kappa shape index (κ3) is 2.59. The van der Waals surface area contributed by atoms with Gasteiger partial charge in [-0.1, -0.05) is 23.2 Å². The van der Waals surface area contributed by atoms with Crippen LogP contribution < -0.4 is 5.32 Å². The maximum Gasteiger partial charge on any atom is 0.135 e. The van der Waals surface area contributed by atoms with Crippen LogP contribution in [0, 0.1) is 0 Å². The van der Waals surface area contributed by atoms with Gasteiger partial charge in [-0.3, -0.25) is 0 Å². The molecule has 0 amide bonds. The molecule has 1 N–H and O–H groups in total. The molecule has 0 saturated carbocycles. The Morgan fingerprint density at radius 1 is 1.17 bits per heavy atom. The Kier molecular flexibility index (Phi) is 4.38. The van der Waals surface area contributed by atoms with Crippen molar-refractivity contribution in [3.63, 3.8) is 0 Å². The van der Waals surface area contributed by atoms with Crippen LogP contribution in [-0.4, -0.2) is 7.05 Å². The fraction of sp³-hybridized carbons (Fsp3) is 0.231. The first-order valence-corrected chi connectivity index (χ1v) is 7.00. The lowest BCUT2D eigenvalue weighted by molar-refractivity contribution is 0.458. The molecule has 2 rings (SSSR count). The molecule has 0 radical (unpaired) electrons. The van der Waals surface area contributed by atoms with Crippen LogP contribution in [0.4, 0.5) is 0 Å². The average molecular weight is 349 g/mol. The second-order valence-electron chi connectivity index (χ2n) is 3.94. The summed E-state index contributed by atoms with van der Waals surface area (Å²) in [6.45, 7) is 2.03. The van der Waals surface area contributed by atoms with Crippen LogP contribution in [0.3, 0.4) is 0 Å². The van der Waals surface area contributed by atoms with E-state index >= 15 is 0 Å². The van der Waals surface area contributed by atoms with Crippen molar-refractivity contribution in [1.29, 1.82) is 0 Å². The van der Waals surface area contributed by atoms with E-state index in [4.69, 9.17) is 27.6 Å². The largest absolute Gasteiger partial charge is 0.459 e. The maximum atomic E-state index is 6.22. The number of benzene rings is 1. The van der Waals surface area contributed by atoms with E-state index in [1.807, 2.05) is 38.2 Å². The lowest BCUT2D eigenvalue weighted by Crippen LogP contribution is -2.10. The first kappa shape index (κ1) is 13.9. The van der Waals surface area contributed by atoms with E-state index < -0.39 is 0 Å². The van der Waals surface area contributed by atoms with Gasteiger partial charge in [-0.15, -0.1) is 0 Å². The highest BCUT2D eigenvalue weighted by molar-refractivity contribution is 9.10. The summed E-state index contributed by atoms with van der Waals surface area (Å²) in [4.78, 5) is 0. The lowest BCUT2D eigenvalue weighted by atomic mass is 10.2. The predicted octanol–water partition coefficient (Wildman–Crippen LogP) is 5.30. The van der Waals surface area contributed by atoms with Gasteiger partial charge in [0.15, 0.2) is 0 Å². The summed E-state index contributed by atoms with van der Waals surface area (Å²) in [5.74, 6) is 1.58. The summed E-state index contributed by atoms with van der Waals surface area (Å²) < 4.78 is 6.55. The normalized spacial score (nSPS) is 12.7. The van der Waals surface area contributed by atoms with Crippen LogP contribution in [0.25, 0.3) is 11.3 Å². The summed E-state index contributed by atoms with van der Waals surface area (Å²) in [7, 11) is 1.89. The summed E-state index contributed by atoms with van der Waals surface area (Å²) in [5, 5.41) is 4.10. The Morgan fingerprint density at radius 2 is 1.89 bits per heavy atom. The Hall–Kier alpha value is -0.480. The van der Waals surface area contributed by atoms with Gasteiger partial charge in [-0.05, 0) is 54.2 Å². The van der Waals surface area contributed by atoms with Crippen molar-refractivity contribution in [3.8, 4) is 11.3 Å². The Labute approximate surface area is 124 Å². The molecule has 1 unspecified atom stereocenters. The fourth-order valence-electron chi connectivity index (χ4n) is 1.59. The molecular formula is C13H12BrCl2NO. The quantitative estimate of drug-likeness (QED) is 0.761. The number of hydrogen-bond acceptors (Lipinski definition) is 2. The second kappa shape index (κ2) is 5.66. The topological polar surface area (TPSA) is 25.2 Å². The standard InChI is InChI=1S/C13H12BrCl2NO/c1-7(17-2)10-5-6-11(18-10)8-3-4-9(14)13(16)12(8)15/h3-7,17H,1-2H3. The minimum Gasteiger partial charge on any atom is -0.459 e. The lowest BCUT2D eigenvalue weighted by Gasteiger charge is -2.07. The summed E-state index contributed by atoms with van der Waals surface area (Å²) in [6.07, 6.45) is 0. The summed E-state index contributed by atoms with van der Waals surface area (Å²) >= 11 is 15.7. The molecule has 1 aromatic carbocycles. The van der Waals surface area contributed by atoms with E-state index in [0.29, 0.717) is 15.8 Å². The van der Waals surface area contributed by atoms with Crippen molar-refractivity contribution in [3.05, 3.63) is 44.5 Å². The smallest absolute Gasteiger partial charge is 0.135 e. The van der Waals surface area contributed by atoms with E-state index in [0.717, 1.165) is 15.8 Å². The van der Waals surface area contributed by atoms with Gasteiger partial charge in [0, 0.05) is 10.0 Å². The van der Waals surface area contributed by atoms with Crippen molar-refractivity contribution < 1.29 is 4.42 Å². The molecule has 1 aromatic heterocycles. The zero-order chi connectivity index (χ0) is 13.3. The number of hydrogen-bond donors (Lipinski definition) is 1. The van der Waals surface area contributed by atoms with Crippen LogP contribution in [0.5, 0.6) is 0 Å². The third-order valence-corrected chi connectivity index (χ3v) is 4.56. The van der Waals surface area contributed by atoms with Gasteiger partial charge in [0.1, 0.15) is 11.5 Å². The van der Waals surface area contributed by atoms with Crippen molar-refractivity contribution in [1.82, 2.24) is 5.32 Å². The molecule has 0 bridgehead atoms. The van der Waals surface area contributed by atoms with Gasteiger partial charge in [0.2, 0.25) is 0 Å². The SMILES string of the molecule is CNC(C)c1ccc(-c2ccc(Br)c(Cl)c2Cl)o1. The minimum absolute atomic E-state index is 0.156. The first-order chi connectivity index (χ1) is 8.54. The van der Waals surface area contributed by atoms with Crippen molar-refractivity contribution >= 4 is 39.1 Å². The van der Waals surface area contributed by atoms with Gasteiger partial charge in [-0.2, -0.15) is 0 Å². The van der Waals surface area contributed by atoms with E-state index in [9.17, 15) is 0 Å². The molecule has 1 atom stereocenters. The molecule has 96 valence electrons. The van der Waals surface area contributed by atoms with Gasteiger partial charge < -0.3 is 9.73 Å². The predicted molar refractivity (Wildman–Crippen MR) is 79.3 cm³/mol. The molecule has 0 saturated heterocycles.